The number of hydrogen-bond donors (Lipinski definition) is 1. The summed E-state index contributed by atoms with van der Waals surface area (Å²) in [7, 11) is 0. The van der Waals surface area contributed by atoms with Crippen molar-refractivity contribution in [2.75, 3.05) is 31.1 Å². The lowest BCUT2D eigenvalue weighted by Gasteiger charge is -2.40. The second-order valence-corrected chi connectivity index (χ2v) is 10.5. The number of nitrogens with one attached hydrogen (secondary N) is 1. The van der Waals surface area contributed by atoms with Gasteiger partial charge in [0.1, 0.15) is 11.9 Å². The van der Waals surface area contributed by atoms with E-state index in [4.69, 9.17) is 0 Å². The summed E-state index contributed by atoms with van der Waals surface area (Å²) in [6, 6.07) is 14.9. The summed E-state index contributed by atoms with van der Waals surface area (Å²) >= 11 is 0. The third-order valence-corrected chi connectivity index (χ3v) is 8.20. The molecule has 0 bridgehead atoms. The number of benzene rings is 2. The molecule has 1 N–H and O–H groups in total. The third-order valence-electron chi connectivity index (χ3n) is 8.20. The maximum absolute atomic E-state index is 14.5. The van der Waals surface area contributed by atoms with Crippen LogP contribution in [0.15, 0.2) is 53.3 Å². The Hall–Kier alpha value is -3.59. The van der Waals surface area contributed by atoms with Crippen LogP contribution >= 0.6 is 0 Å². The number of nitrogens with zero attached hydrogens (tertiary/aromatic N) is 6. The monoisotopic (exact) mass is 515 g/mol. The van der Waals surface area contributed by atoms with Crippen molar-refractivity contribution in [1.29, 1.82) is 0 Å². The number of tetrazole rings is 1. The average Bonchev–Trinajstić information content (AvgIpc) is 3.44. The van der Waals surface area contributed by atoms with Gasteiger partial charge in [0.25, 0.3) is 5.56 Å². The highest BCUT2D eigenvalue weighted by atomic mass is 19.1. The molecule has 198 valence electrons. The van der Waals surface area contributed by atoms with Gasteiger partial charge in [0.05, 0.1) is 11.7 Å². The fourth-order valence-electron chi connectivity index (χ4n) is 6.09. The second-order valence-electron chi connectivity index (χ2n) is 10.5. The molecule has 2 aliphatic rings. The Kier molecular flexibility index (Phi) is 6.93. The summed E-state index contributed by atoms with van der Waals surface area (Å²) in [5, 5.41) is 14.1. The van der Waals surface area contributed by atoms with Gasteiger partial charge >= 0.3 is 0 Å². The molecule has 1 atom stereocenters. The van der Waals surface area contributed by atoms with E-state index in [0.717, 1.165) is 43.0 Å². The van der Waals surface area contributed by atoms with Gasteiger partial charge in [0.2, 0.25) is 0 Å². The van der Waals surface area contributed by atoms with Crippen molar-refractivity contribution < 1.29 is 4.39 Å². The van der Waals surface area contributed by atoms with Crippen LogP contribution in [0, 0.1) is 5.82 Å². The number of pyridine rings is 1. The summed E-state index contributed by atoms with van der Waals surface area (Å²) in [5.74, 6) is 0.504. The van der Waals surface area contributed by atoms with Crippen LogP contribution < -0.4 is 10.5 Å². The van der Waals surface area contributed by atoms with Gasteiger partial charge < -0.3 is 9.88 Å². The molecule has 2 aromatic carbocycles. The normalized spacial score (nSPS) is 18.2. The Morgan fingerprint density at radius 2 is 1.82 bits per heavy atom. The van der Waals surface area contributed by atoms with Gasteiger partial charge in [-0.1, -0.05) is 44.4 Å². The molecular formula is C29H34FN7O. The first kappa shape index (κ1) is 24.7. The van der Waals surface area contributed by atoms with E-state index >= 15 is 0 Å². The zero-order valence-electron chi connectivity index (χ0n) is 21.8. The largest absolute Gasteiger partial charge is 0.367 e. The Morgan fingerprint density at radius 1 is 1.03 bits per heavy atom. The molecule has 6 rings (SSSR count). The molecule has 1 saturated carbocycles. The summed E-state index contributed by atoms with van der Waals surface area (Å²) < 4.78 is 16.5. The highest BCUT2D eigenvalue weighted by Crippen LogP contribution is 2.34. The van der Waals surface area contributed by atoms with Crippen molar-refractivity contribution in [2.45, 2.75) is 57.5 Å². The molecule has 2 fully saturated rings. The minimum atomic E-state index is -0.395. The molecule has 0 unspecified atom stereocenters. The summed E-state index contributed by atoms with van der Waals surface area (Å²) in [6.07, 6.45) is 6.56. The maximum atomic E-state index is 14.5. The molecule has 38 heavy (non-hydrogen) atoms. The third kappa shape index (κ3) is 4.71. The van der Waals surface area contributed by atoms with Crippen LogP contribution in [-0.2, 0) is 6.42 Å². The van der Waals surface area contributed by atoms with Gasteiger partial charge in [-0.2, -0.15) is 0 Å². The van der Waals surface area contributed by atoms with Crippen LogP contribution in [0.2, 0.25) is 0 Å². The molecule has 4 aromatic rings. The van der Waals surface area contributed by atoms with Gasteiger partial charge in [-0.05, 0) is 71.0 Å². The van der Waals surface area contributed by atoms with Gasteiger partial charge in [0.15, 0.2) is 5.82 Å². The van der Waals surface area contributed by atoms with E-state index in [1.807, 2.05) is 28.9 Å². The molecule has 0 radical (unpaired) electrons. The molecule has 1 aliphatic heterocycles. The number of anilines is 1. The Bertz CT molecular complexity index is 1470. The first-order valence-electron chi connectivity index (χ1n) is 13.8. The molecule has 2 aromatic heterocycles. The van der Waals surface area contributed by atoms with Gasteiger partial charge in [-0.3, -0.25) is 9.69 Å². The number of para-hydroxylation sites is 1. The summed E-state index contributed by atoms with van der Waals surface area (Å²) in [4.78, 5) is 21.0. The van der Waals surface area contributed by atoms with E-state index in [2.05, 4.69) is 49.4 Å². The minimum absolute atomic E-state index is 0.124. The second kappa shape index (κ2) is 10.6. The van der Waals surface area contributed by atoms with E-state index < -0.39 is 6.04 Å². The molecule has 8 nitrogen and oxygen atoms in total. The zero-order valence-corrected chi connectivity index (χ0v) is 21.8. The van der Waals surface area contributed by atoms with Crippen LogP contribution in [0.5, 0.6) is 0 Å². The van der Waals surface area contributed by atoms with Crippen molar-refractivity contribution in [3.8, 4) is 0 Å². The van der Waals surface area contributed by atoms with E-state index in [1.165, 1.54) is 18.1 Å². The van der Waals surface area contributed by atoms with Crippen LogP contribution in [0.4, 0.5) is 10.1 Å². The standard InChI is InChI=1S/C29H34FN7O/c1-2-20-12-13-25-21(18-20)19-23(29(38)31-25)27(28-32-33-34-37(28)22-8-4-3-5-9-22)36-16-14-35(15-17-36)26-11-7-6-10-24(26)30/h6-7,10-13,18-19,22,27H,2-5,8-9,14-17H2,1H3,(H,31,38)/t27-/m1/s1. The van der Waals surface area contributed by atoms with Crippen molar-refractivity contribution in [3.63, 3.8) is 0 Å². The number of aromatic nitrogens is 5. The van der Waals surface area contributed by atoms with E-state index in [1.54, 1.807) is 6.07 Å². The number of halogens is 1. The predicted octanol–water partition coefficient (Wildman–Crippen LogP) is 4.63. The smallest absolute Gasteiger partial charge is 0.253 e. The highest BCUT2D eigenvalue weighted by Gasteiger charge is 2.34. The fraction of sp³-hybridized carbons (Fsp3) is 0.448. The quantitative estimate of drug-likeness (QED) is 0.403. The molecule has 9 heteroatoms. The van der Waals surface area contributed by atoms with Gasteiger partial charge in [-0.15, -0.1) is 5.10 Å². The molecule has 1 aliphatic carbocycles. The Balaban J connectivity index is 1.40. The Morgan fingerprint density at radius 3 is 2.58 bits per heavy atom. The van der Waals surface area contributed by atoms with Crippen LogP contribution in [0.1, 0.15) is 68.1 Å². The summed E-state index contributed by atoms with van der Waals surface area (Å²) in [6.45, 7) is 4.73. The number of hydrogen-bond acceptors (Lipinski definition) is 6. The first-order valence-corrected chi connectivity index (χ1v) is 13.8. The van der Waals surface area contributed by atoms with Gasteiger partial charge in [0, 0.05) is 37.3 Å². The molecular weight excluding hydrogens is 481 g/mol. The lowest BCUT2D eigenvalue weighted by molar-refractivity contribution is 0.192. The van der Waals surface area contributed by atoms with Crippen molar-refractivity contribution in [3.05, 3.63) is 81.7 Å². The van der Waals surface area contributed by atoms with Crippen LogP contribution in [0.3, 0.4) is 0 Å². The van der Waals surface area contributed by atoms with E-state index in [0.29, 0.717) is 43.3 Å². The lowest BCUT2D eigenvalue weighted by Crippen LogP contribution is -2.49. The average molecular weight is 516 g/mol. The van der Waals surface area contributed by atoms with Crippen LogP contribution in [0.25, 0.3) is 10.9 Å². The van der Waals surface area contributed by atoms with Crippen molar-refractivity contribution >= 4 is 16.6 Å². The molecule has 0 amide bonds. The fourth-order valence-corrected chi connectivity index (χ4v) is 6.09. The number of aromatic amines is 1. The first-order chi connectivity index (χ1) is 18.6. The van der Waals surface area contributed by atoms with E-state index in [9.17, 15) is 9.18 Å². The molecule has 3 heterocycles. The maximum Gasteiger partial charge on any atom is 0.253 e. The van der Waals surface area contributed by atoms with E-state index in [-0.39, 0.29) is 17.4 Å². The lowest BCUT2D eigenvalue weighted by atomic mass is 9.95. The minimum Gasteiger partial charge on any atom is -0.367 e. The topological polar surface area (TPSA) is 82.9 Å². The number of rotatable bonds is 6. The number of aryl methyl sites for hydroxylation is 1. The zero-order chi connectivity index (χ0) is 26.1. The SMILES string of the molecule is CCc1ccc2[nH]c(=O)c([C@H](c3nnnn3C3CCCCC3)N3CCN(c4ccccc4F)CC3)cc2c1. The number of H-pyrrole nitrogens is 1. The Labute approximate surface area is 221 Å². The van der Waals surface area contributed by atoms with Crippen molar-refractivity contribution in [2.24, 2.45) is 0 Å². The molecule has 1 saturated heterocycles. The number of piperazine rings is 1. The van der Waals surface area contributed by atoms with Crippen LogP contribution in [-0.4, -0.2) is 56.3 Å². The predicted molar refractivity (Wildman–Crippen MR) is 146 cm³/mol. The number of fused-ring (bicyclic) bond motifs is 1. The molecule has 0 spiro atoms. The highest BCUT2D eigenvalue weighted by molar-refractivity contribution is 5.80. The van der Waals surface area contributed by atoms with Gasteiger partial charge in [-0.25, -0.2) is 9.07 Å². The van der Waals surface area contributed by atoms with Crippen molar-refractivity contribution in [1.82, 2.24) is 30.1 Å². The summed E-state index contributed by atoms with van der Waals surface area (Å²) in [5.41, 5.74) is 3.19.